The van der Waals surface area contributed by atoms with Crippen LogP contribution in [-0.4, -0.2) is 88.1 Å². The Labute approximate surface area is 464 Å². The molecule has 8 aromatic rings. The number of aromatic nitrogens is 4. The molecule has 12 rings (SSSR count). The van der Waals surface area contributed by atoms with Crippen LogP contribution in [0.2, 0.25) is 0 Å². The van der Waals surface area contributed by atoms with Gasteiger partial charge in [-0.2, -0.15) is 0 Å². The Morgan fingerprint density at radius 1 is 0.605 bits per heavy atom. The third-order valence-corrected chi connectivity index (χ3v) is 16.4. The molecule has 4 fully saturated rings. The van der Waals surface area contributed by atoms with E-state index in [4.69, 9.17) is 11.5 Å². The Balaban J connectivity index is 0.000000170. The lowest BCUT2D eigenvalue weighted by molar-refractivity contribution is -0.132. The number of nitrogens with zero attached hydrogens (tertiary/aromatic N) is 6. The fraction of sp³-hybridized carbons (Fsp3) is 0.270. The van der Waals surface area contributed by atoms with Gasteiger partial charge in [0, 0.05) is 92.2 Å². The standard InChI is InChI=1S/C32H31FN4O4.C31H29FN4O4/c1-3-29(39)36-14-18(15-36)9-23-11-21-10-20(19-7-8-19)12-26(33)30(21)32(41)37(23)27-6-4-5-24(25(27)17-38)22-13-28(31(34)40)35(2)16-22;1-3-28(38)35-14-21(15-35)26-11-19-9-18(17-7-8-17)10-24(32)29(19)31(40)36(26)25-6-4-5-22(23(25)16-37)20-12-27(30(33)39)34(2)13-20/h3-6,10-13,16,18-19,38H,1,7-9,14-15,17H2,2H3,(H2,34,40);3-6,9-13,17,21,37H,1,7-8,14-16H2,2H3,(H2,33,39). The highest BCUT2D eigenvalue weighted by Gasteiger charge is 2.36. The summed E-state index contributed by atoms with van der Waals surface area (Å²) in [6.07, 6.45) is 10.5. The lowest BCUT2D eigenvalue weighted by atomic mass is 9.92. The van der Waals surface area contributed by atoms with Crippen LogP contribution in [0.5, 0.6) is 0 Å². The third kappa shape index (κ3) is 9.88. The molecule has 4 amide bonds. The number of nitrogens with two attached hydrogens (primary N) is 2. The Morgan fingerprint density at radius 2 is 1.05 bits per heavy atom. The van der Waals surface area contributed by atoms with Gasteiger partial charge in [0.25, 0.3) is 22.9 Å². The normalized spacial score (nSPS) is 15.3. The van der Waals surface area contributed by atoms with Crippen molar-refractivity contribution in [3.63, 3.8) is 0 Å². The van der Waals surface area contributed by atoms with Crippen molar-refractivity contribution < 1.29 is 38.2 Å². The smallest absolute Gasteiger partial charge is 0.266 e. The molecule has 6 N–H and O–H groups in total. The molecule has 16 nitrogen and oxygen atoms in total. The molecule has 81 heavy (non-hydrogen) atoms. The number of amides is 4. The number of carbonyl (C=O) groups is 4. The van der Waals surface area contributed by atoms with E-state index >= 15 is 8.78 Å². The van der Waals surface area contributed by atoms with Crippen molar-refractivity contribution in [1.82, 2.24) is 28.1 Å². The molecule has 4 aromatic carbocycles. The number of rotatable bonds is 15. The minimum atomic E-state index is -0.590. The first-order valence-electron chi connectivity index (χ1n) is 26.9. The minimum Gasteiger partial charge on any atom is -0.392 e. The molecule has 2 aliphatic carbocycles. The fourth-order valence-electron chi connectivity index (χ4n) is 11.8. The van der Waals surface area contributed by atoms with E-state index in [1.165, 1.54) is 33.4 Å². The molecular formula is C63H60F2N8O8. The Morgan fingerprint density at radius 3 is 1.48 bits per heavy atom. The van der Waals surface area contributed by atoms with Crippen molar-refractivity contribution in [3.05, 3.63) is 200 Å². The molecule has 2 saturated heterocycles. The van der Waals surface area contributed by atoms with Gasteiger partial charge in [0.1, 0.15) is 23.0 Å². The lowest BCUT2D eigenvalue weighted by Crippen LogP contribution is -2.50. The van der Waals surface area contributed by atoms with E-state index in [-0.39, 0.29) is 34.4 Å². The summed E-state index contributed by atoms with van der Waals surface area (Å²) < 4.78 is 37.2. The summed E-state index contributed by atoms with van der Waals surface area (Å²) >= 11 is 0. The zero-order chi connectivity index (χ0) is 57.3. The maximum atomic E-state index is 15.5. The SMILES string of the molecule is C=CC(=O)N1CC(Cc2cc3cc(C4CC4)cc(F)c3c(=O)n2-c2cccc(-c3cc(C(N)=O)n(C)c3)c2CO)C1.C=CC(=O)N1CC(c2cc3cc(C4CC4)cc(F)c3c(=O)n2-c2cccc(-c3cc(C(N)=O)n(C)c3)c2CO)C1. The molecule has 4 aliphatic rings. The van der Waals surface area contributed by atoms with Gasteiger partial charge in [0.05, 0.1) is 35.4 Å². The predicted molar refractivity (Wildman–Crippen MR) is 304 cm³/mol. The molecular weight excluding hydrogens is 1030 g/mol. The molecule has 0 atom stereocenters. The fourth-order valence-corrected chi connectivity index (χ4v) is 11.8. The van der Waals surface area contributed by atoms with Crippen molar-refractivity contribution in [2.24, 2.45) is 31.5 Å². The van der Waals surface area contributed by atoms with Crippen LogP contribution in [0.1, 0.15) is 98.1 Å². The number of pyridine rings is 2. The number of hydrogen-bond acceptors (Lipinski definition) is 8. The number of carbonyl (C=O) groups excluding carboxylic acids is 4. The number of fused-ring (bicyclic) bond motifs is 2. The molecule has 0 radical (unpaired) electrons. The maximum absolute atomic E-state index is 15.5. The second-order valence-corrected chi connectivity index (χ2v) is 21.7. The van der Waals surface area contributed by atoms with E-state index in [1.54, 1.807) is 94.0 Å². The van der Waals surface area contributed by atoms with Gasteiger partial charge in [-0.25, -0.2) is 8.78 Å². The Hall–Kier alpha value is -9.00. The maximum Gasteiger partial charge on any atom is 0.266 e. The first-order chi connectivity index (χ1) is 38.9. The van der Waals surface area contributed by atoms with Crippen LogP contribution in [0.15, 0.2) is 132 Å². The minimum absolute atomic E-state index is 0.000222. The summed E-state index contributed by atoms with van der Waals surface area (Å²) in [5.74, 6) is -2.08. The van der Waals surface area contributed by atoms with E-state index in [9.17, 15) is 39.0 Å². The van der Waals surface area contributed by atoms with E-state index in [0.29, 0.717) is 123 Å². The second-order valence-electron chi connectivity index (χ2n) is 21.7. The zero-order valence-corrected chi connectivity index (χ0v) is 44.8. The van der Waals surface area contributed by atoms with E-state index in [1.807, 2.05) is 24.3 Å². The van der Waals surface area contributed by atoms with Crippen molar-refractivity contribution in [2.75, 3.05) is 26.2 Å². The van der Waals surface area contributed by atoms with E-state index in [0.717, 1.165) is 36.8 Å². The number of aliphatic hydroxyl groups excluding tert-OH is 2. The average molecular weight is 1100 g/mol. The molecule has 4 aromatic heterocycles. The Kier molecular flexibility index (Phi) is 14.2. The van der Waals surface area contributed by atoms with Gasteiger partial charge in [-0.05, 0) is 144 Å². The molecule has 6 heterocycles. The molecule has 2 saturated carbocycles. The number of likely N-dealkylation sites (tertiary alicyclic amines) is 2. The average Bonchev–Trinajstić information content (AvgIpc) is 4.45. The molecule has 0 spiro atoms. The van der Waals surface area contributed by atoms with E-state index in [2.05, 4.69) is 13.2 Å². The first-order valence-corrected chi connectivity index (χ1v) is 26.9. The van der Waals surface area contributed by atoms with Crippen LogP contribution in [0.4, 0.5) is 8.78 Å². The van der Waals surface area contributed by atoms with Crippen molar-refractivity contribution in [2.45, 2.75) is 63.1 Å². The number of aliphatic hydroxyl groups is 2. The zero-order valence-electron chi connectivity index (χ0n) is 44.8. The van der Waals surface area contributed by atoms with Crippen LogP contribution in [0, 0.1) is 17.6 Å². The number of halogens is 2. The quantitative estimate of drug-likeness (QED) is 0.0751. The number of primary amides is 2. The summed E-state index contributed by atoms with van der Waals surface area (Å²) in [6.45, 7) is 8.13. The number of benzene rings is 4. The molecule has 414 valence electrons. The topological polar surface area (TPSA) is 221 Å². The van der Waals surface area contributed by atoms with Crippen LogP contribution in [-0.2, 0) is 43.3 Å². The van der Waals surface area contributed by atoms with Gasteiger partial charge in [-0.3, -0.25) is 37.9 Å². The largest absolute Gasteiger partial charge is 0.392 e. The number of aryl methyl sites for hydroxylation is 2. The van der Waals surface area contributed by atoms with Crippen molar-refractivity contribution >= 4 is 45.2 Å². The highest BCUT2D eigenvalue weighted by atomic mass is 19.1. The monoisotopic (exact) mass is 1090 g/mol. The lowest BCUT2D eigenvalue weighted by Gasteiger charge is -2.40. The third-order valence-electron chi connectivity index (χ3n) is 16.4. The number of hydrogen-bond donors (Lipinski definition) is 4. The van der Waals surface area contributed by atoms with Crippen LogP contribution in [0.3, 0.4) is 0 Å². The van der Waals surface area contributed by atoms with Gasteiger partial charge in [0.15, 0.2) is 0 Å². The van der Waals surface area contributed by atoms with Gasteiger partial charge < -0.3 is 40.6 Å². The van der Waals surface area contributed by atoms with Gasteiger partial charge in [0.2, 0.25) is 11.8 Å². The highest BCUT2D eigenvalue weighted by molar-refractivity contribution is 5.95. The van der Waals surface area contributed by atoms with Crippen LogP contribution < -0.4 is 22.6 Å². The summed E-state index contributed by atoms with van der Waals surface area (Å²) in [7, 11) is 3.40. The summed E-state index contributed by atoms with van der Waals surface area (Å²) in [4.78, 5) is 79.6. The predicted octanol–water partition coefficient (Wildman–Crippen LogP) is 7.51. The molecule has 2 aliphatic heterocycles. The molecule has 0 bridgehead atoms. The molecule has 0 unspecified atom stereocenters. The van der Waals surface area contributed by atoms with Gasteiger partial charge in [-0.15, -0.1) is 0 Å². The molecule has 18 heteroatoms. The summed E-state index contributed by atoms with van der Waals surface area (Å²) in [5, 5.41) is 22.2. The first kappa shape index (κ1) is 54.0. The van der Waals surface area contributed by atoms with Crippen LogP contribution in [0.25, 0.3) is 55.2 Å². The van der Waals surface area contributed by atoms with Crippen molar-refractivity contribution in [3.8, 4) is 33.6 Å². The summed E-state index contributed by atoms with van der Waals surface area (Å²) in [6, 6.07) is 24.3. The summed E-state index contributed by atoms with van der Waals surface area (Å²) in [5.41, 5.74) is 18.0. The Bertz CT molecular complexity index is 4090. The van der Waals surface area contributed by atoms with Gasteiger partial charge >= 0.3 is 0 Å². The second kappa shape index (κ2) is 21.2. The van der Waals surface area contributed by atoms with E-state index < -0.39 is 47.8 Å². The van der Waals surface area contributed by atoms with Crippen LogP contribution >= 0.6 is 0 Å². The van der Waals surface area contributed by atoms with Crippen molar-refractivity contribution in [1.29, 1.82) is 0 Å². The van der Waals surface area contributed by atoms with Gasteiger partial charge in [-0.1, -0.05) is 49.6 Å². The highest BCUT2D eigenvalue weighted by Crippen LogP contribution is 2.44.